The van der Waals surface area contributed by atoms with E-state index in [-0.39, 0.29) is 0 Å². The lowest BCUT2D eigenvalue weighted by molar-refractivity contribution is 0.559. The van der Waals surface area contributed by atoms with Crippen molar-refractivity contribution in [2.24, 2.45) is 0 Å². The first-order valence-electron chi connectivity index (χ1n) is 5.02. The second-order valence-electron chi connectivity index (χ2n) is 3.87. The fourth-order valence-electron chi connectivity index (χ4n) is 1.87. The van der Waals surface area contributed by atoms with Gasteiger partial charge >= 0.3 is 0 Å². The number of hydrogen-bond donors (Lipinski definition) is 0. The fourth-order valence-corrected chi connectivity index (χ4v) is 3.09. The molecule has 0 saturated carbocycles. The summed E-state index contributed by atoms with van der Waals surface area (Å²) in [4.78, 5) is 4.18. The van der Waals surface area contributed by atoms with Crippen molar-refractivity contribution in [3.8, 4) is 0 Å². The second kappa shape index (κ2) is 3.87. The zero-order valence-electron chi connectivity index (χ0n) is 9.00. The summed E-state index contributed by atoms with van der Waals surface area (Å²) in [6.07, 6.45) is 10.5. The van der Waals surface area contributed by atoms with E-state index in [1.54, 1.807) is 36.5 Å². The van der Waals surface area contributed by atoms with Gasteiger partial charge in [0.25, 0.3) is 0 Å². The average Bonchev–Trinajstić information content (AvgIpc) is 2.30. The first-order chi connectivity index (χ1) is 7.56. The van der Waals surface area contributed by atoms with Crippen molar-refractivity contribution in [1.82, 2.24) is 4.98 Å². The molecule has 1 aromatic rings. The van der Waals surface area contributed by atoms with E-state index >= 15 is 0 Å². The molecule has 0 amide bonds. The Bertz CT molecular complexity index is 531. The maximum absolute atomic E-state index is 12.0. The van der Waals surface area contributed by atoms with E-state index < -0.39 is 14.6 Å². The normalized spacial score (nSPS) is 24.6. The first kappa shape index (κ1) is 11.1. The minimum absolute atomic E-state index is 0.444. The van der Waals surface area contributed by atoms with Crippen LogP contribution in [0.25, 0.3) is 0 Å². The molecule has 0 bridgehead atoms. The third kappa shape index (κ3) is 1.69. The van der Waals surface area contributed by atoms with Gasteiger partial charge in [0.1, 0.15) is 4.75 Å². The molecule has 0 spiro atoms. The van der Waals surface area contributed by atoms with Crippen LogP contribution >= 0.6 is 0 Å². The number of sulfone groups is 1. The second-order valence-corrected chi connectivity index (χ2v) is 6.14. The summed E-state index contributed by atoms with van der Waals surface area (Å²) in [5.41, 5.74) is 0.582. The summed E-state index contributed by atoms with van der Waals surface area (Å²) in [5.74, 6) is 0. The summed E-state index contributed by atoms with van der Waals surface area (Å²) in [7, 11) is -3.24. The van der Waals surface area contributed by atoms with E-state index in [1.807, 2.05) is 12.2 Å². The Balaban J connectivity index is 2.62. The van der Waals surface area contributed by atoms with Crippen LogP contribution in [0.3, 0.4) is 0 Å². The molecule has 1 atom stereocenters. The smallest absolute Gasteiger partial charge is 0.162 e. The van der Waals surface area contributed by atoms with Gasteiger partial charge < -0.3 is 0 Å². The van der Waals surface area contributed by atoms with Gasteiger partial charge in [0, 0.05) is 12.5 Å². The Labute approximate surface area is 95.4 Å². The van der Waals surface area contributed by atoms with Crippen LogP contribution in [0.1, 0.15) is 12.1 Å². The fraction of sp³-hybridized carbons (Fsp3) is 0.250. The van der Waals surface area contributed by atoms with Gasteiger partial charge in [-0.15, -0.1) is 0 Å². The van der Waals surface area contributed by atoms with Crippen molar-refractivity contribution < 1.29 is 8.42 Å². The molecule has 16 heavy (non-hydrogen) atoms. The van der Waals surface area contributed by atoms with Crippen LogP contribution in [-0.2, 0) is 14.6 Å². The Hall–Kier alpha value is -1.42. The number of hydrogen-bond acceptors (Lipinski definition) is 3. The molecule has 1 aromatic heterocycles. The molecule has 1 aliphatic carbocycles. The van der Waals surface area contributed by atoms with E-state index in [9.17, 15) is 8.42 Å². The van der Waals surface area contributed by atoms with Gasteiger partial charge in [0.15, 0.2) is 9.84 Å². The number of allylic oxidation sites excluding steroid dienone is 3. The molecular formula is C12H13NO2S. The molecule has 0 radical (unpaired) electrons. The van der Waals surface area contributed by atoms with E-state index in [1.165, 1.54) is 6.26 Å². The van der Waals surface area contributed by atoms with Crippen LogP contribution in [0.15, 0.2) is 48.7 Å². The minimum atomic E-state index is -3.24. The predicted octanol–water partition coefficient (Wildman–Crippen LogP) is 1.84. The molecule has 4 heteroatoms. The zero-order valence-corrected chi connectivity index (χ0v) is 9.81. The molecule has 3 nitrogen and oxygen atoms in total. The van der Waals surface area contributed by atoms with Crippen LogP contribution in [0.2, 0.25) is 0 Å². The predicted molar refractivity (Wildman–Crippen MR) is 63.7 cm³/mol. The summed E-state index contributed by atoms with van der Waals surface area (Å²) >= 11 is 0. The average molecular weight is 235 g/mol. The van der Waals surface area contributed by atoms with Gasteiger partial charge in [-0.05, 0) is 18.6 Å². The molecule has 84 valence electrons. The highest BCUT2D eigenvalue weighted by molar-refractivity contribution is 7.91. The largest absolute Gasteiger partial charge is 0.259 e. The van der Waals surface area contributed by atoms with Crippen molar-refractivity contribution in [3.05, 3.63) is 54.4 Å². The lowest BCUT2D eigenvalue weighted by Gasteiger charge is -2.28. The van der Waals surface area contributed by atoms with Crippen LogP contribution in [0.4, 0.5) is 0 Å². The number of nitrogens with zero attached hydrogens (tertiary/aromatic N) is 1. The van der Waals surface area contributed by atoms with Gasteiger partial charge in [-0.2, -0.15) is 0 Å². The molecule has 0 aromatic carbocycles. The van der Waals surface area contributed by atoms with Gasteiger partial charge in [-0.1, -0.05) is 30.4 Å². The molecule has 0 aliphatic heterocycles. The number of aromatic nitrogens is 1. The van der Waals surface area contributed by atoms with Crippen molar-refractivity contribution in [2.75, 3.05) is 6.26 Å². The topological polar surface area (TPSA) is 47.0 Å². The van der Waals surface area contributed by atoms with E-state index in [0.717, 1.165) is 0 Å². The van der Waals surface area contributed by atoms with Gasteiger partial charge in [0.05, 0.1) is 5.69 Å². The molecule has 0 fully saturated rings. The zero-order chi connectivity index (χ0) is 11.6. The van der Waals surface area contributed by atoms with Gasteiger partial charge in [-0.25, -0.2) is 8.42 Å². The van der Waals surface area contributed by atoms with Crippen LogP contribution in [0, 0.1) is 0 Å². The molecule has 1 unspecified atom stereocenters. The third-order valence-electron chi connectivity index (χ3n) is 2.79. The SMILES string of the molecule is CS(=O)(=O)C1(c2ccccn2)C=CC=CC1. The van der Waals surface area contributed by atoms with E-state index in [0.29, 0.717) is 12.1 Å². The molecule has 0 N–H and O–H groups in total. The van der Waals surface area contributed by atoms with Crippen LogP contribution in [0.5, 0.6) is 0 Å². The van der Waals surface area contributed by atoms with E-state index in [2.05, 4.69) is 4.98 Å². The molecule has 1 heterocycles. The standard InChI is InChI=1S/C12H13NO2S/c1-16(14,15)12(8-4-2-5-9-12)11-7-3-6-10-13-11/h2-8,10H,9H2,1H3. The Morgan fingerprint density at radius 3 is 2.62 bits per heavy atom. The maximum Gasteiger partial charge on any atom is 0.162 e. The summed E-state index contributed by atoms with van der Waals surface area (Å²) in [6, 6.07) is 5.34. The molecule has 1 aliphatic rings. The summed E-state index contributed by atoms with van der Waals surface area (Å²) in [6.45, 7) is 0. The maximum atomic E-state index is 12.0. The third-order valence-corrected chi connectivity index (χ3v) is 4.63. The van der Waals surface area contributed by atoms with Crippen LogP contribution in [-0.4, -0.2) is 19.7 Å². The summed E-state index contributed by atoms with van der Waals surface area (Å²) in [5, 5.41) is 0. The Morgan fingerprint density at radius 1 is 1.31 bits per heavy atom. The van der Waals surface area contributed by atoms with Crippen molar-refractivity contribution in [3.63, 3.8) is 0 Å². The van der Waals surface area contributed by atoms with Crippen LogP contribution < -0.4 is 0 Å². The minimum Gasteiger partial charge on any atom is -0.259 e. The molecule has 0 saturated heterocycles. The quantitative estimate of drug-likeness (QED) is 0.785. The number of pyridine rings is 1. The lowest BCUT2D eigenvalue weighted by Crippen LogP contribution is -2.34. The molecule has 2 rings (SSSR count). The van der Waals surface area contributed by atoms with Crippen molar-refractivity contribution in [1.29, 1.82) is 0 Å². The Kier molecular flexibility index (Phi) is 2.68. The summed E-state index contributed by atoms with van der Waals surface area (Å²) < 4.78 is 23.0. The highest BCUT2D eigenvalue weighted by atomic mass is 32.2. The van der Waals surface area contributed by atoms with Gasteiger partial charge in [0.2, 0.25) is 0 Å². The monoisotopic (exact) mass is 235 g/mol. The highest BCUT2D eigenvalue weighted by Gasteiger charge is 2.41. The van der Waals surface area contributed by atoms with Crippen molar-refractivity contribution in [2.45, 2.75) is 11.2 Å². The first-order valence-corrected chi connectivity index (χ1v) is 6.91. The molecular weight excluding hydrogens is 222 g/mol. The van der Waals surface area contributed by atoms with Gasteiger partial charge in [-0.3, -0.25) is 4.98 Å². The Morgan fingerprint density at radius 2 is 2.12 bits per heavy atom. The lowest BCUT2D eigenvalue weighted by atomic mass is 9.95. The number of rotatable bonds is 2. The van der Waals surface area contributed by atoms with E-state index in [4.69, 9.17) is 0 Å². The highest BCUT2D eigenvalue weighted by Crippen LogP contribution is 2.36. The van der Waals surface area contributed by atoms with Crippen molar-refractivity contribution >= 4 is 9.84 Å².